The van der Waals surface area contributed by atoms with Gasteiger partial charge >= 0.3 is 0 Å². The Labute approximate surface area is 75.2 Å². The molecule has 0 N–H and O–H groups in total. The molecule has 2 nitrogen and oxygen atoms in total. The molecule has 1 rings (SSSR count). The van der Waals surface area contributed by atoms with Crippen LogP contribution < -0.4 is 0 Å². The fraction of sp³-hybridized carbons (Fsp3) is 1.00. The zero-order valence-electron chi connectivity index (χ0n) is 8.05. The lowest BCUT2D eigenvalue weighted by molar-refractivity contribution is -0.127. The molecular weight excluding hydrogens is 152 g/mol. The quantitative estimate of drug-likeness (QED) is 0.593. The predicted octanol–water partition coefficient (Wildman–Crippen LogP) is 2.58. The molecule has 0 aromatic heterocycles. The van der Waals surface area contributed by atoms with Gasteiger partial charge in [-0.2, -0.15) is 0 Å². The molecule has 12 heavy (non-hydrogen) atoms. The van der Waals surface area contributed by atoms with E-state index in [4.69, 9.17) is 9.47 Å². The minimum Gasteiger partial charge on any atom is -0.355 e. The van der Waals surface area contributed by atoms with Gasteiger partial charge < -0.3 is 9.47 Å². The van der Waals surface area contributed by atoms with Crippen LogP contribution in [0.3, 0.4) is 0 Å². The van der Waals surface area contributed by atoms with Crippen molar-refractivity contribution in [3.63, 3.8) is 0 Å². The summed E-state index contributed by atoms with van der Waals surface area (Å²) in [5.41, 5.74) is 0. The molecule has 0 spiro atoms. The van der Waals surface area contributed by atoms with Gasteiger partial charge in [0, 0.05) is 5.92 Å². The molecule has 0 aliphatic carbocycles. The fourth-order valence-electron chi connectivity index (χ4n) is 1.56. The van der Waals surface area contributed by atoms with Crippen molar-refractivity contribution in [3.8, 4) is 0 Å². The summed E-state index contributed by atoms with van der Waals surface area (Å²) in [6.07, 6.45) is 6.67. The Balaban J connectivity index is 1.91. The van der Waals surface area contributed by atoms with Crippen molar-refractivity contribution in [2.24, 2.45) is 5.92 Å². The predicted molar refractivity (Wildman–Crippen MR) is 49.0 cm³/mol. The summed E-state index contributed by atoms with van der Waals surface area (Å²) in [5, 5.41) is 0. The highest BCUT2D eigenvalue weighted by Gasteiger charge is 2.12. The first-order valence-electron chi connectivity index (χ1n) is 5.09. The van der Waals surface area contributed by atoms with Crippen LogP contribution in [0, 0.1) is 5.92 Å². The third-order valence-corrected chi connectivity index (χ3v) is 2.34. The molecule has 0 aromatic carbocycles. The van der Waals surface area contributed by atoms with Crippen molar-refractivity contribution in [2.75, 3.05) is 20.0 Å². The third-order valence-electron chi connectivity index (χ3n) is 2.34. The molecule has 0 saturated carbocycles. The maximum Gasteiger partial charge on any atom is 0.146 e. The molecule has 0 unspecified atom stereocenters. The lowest BCUT2D eigenvalue weighted by Gasteiger charge is -2.21. The summed E-state index contributed by atoms with van der Waals surface area (Å²) < 4.78 is 10.4. The van der Waals surface area contributed by atoms with Gasteiger partial charge in [-0.05, 0) is 6.42 Å². The summed E-state index contributed by atoms with van der Waals surface area (Å²) >= 11 is 0. The highest BCUT2D eigenvalue weighted by atomic mass is 16.7. The van der Waals surface area contributed by atoms with Gasteiger partial charge in [0.2, 0.25) is 0 Å². The molecule has 0 radical (unpaired) electrons. The summed E-state index contributed by atoms with van der Waals surface area (Å²) in [6.45, 7) is 4.57. The molecule has 0 aromatic rings. The van der Waals surface area contributed by atoms with Crippen LogP contribution in [-0.2, 0) is 9.47 Å². The molecule has 1 saturated heterocycles. The maximum atomic E-state index is 5.22. The van der Waals surface area contributed by atoms with Gasteiger partial charge in [-0.15, -0.1) is 0 Å². The van der Waals surface area contributed by atoms with E-state index in [2.05, 4.69) is 6.92 Å². The Hall–Kier alpha value is -0.0800. The Morgan fingerprint density at radius 1 is 1.08 bits per heavy atom. The number of hydrogen-bond acceptors (Lipinski definition) is 2. The second-order valence-corrected chi connectivity index (χ2v) is 3.57. The Morgan fingerprint density at radius 3 is 2.50 bits per heavy atom. The third kappa shape index (κ3) is 4.07. The first-order chi connectivity index (χ1) is 5.93. The summed E-state index contributed by atoms with van der Waals surface area (Å²) in [4.78, 5) is 0. The van der Waals surface area contributed by atoms with Crippen LogP contribution in [0.15, 0.2) is 0 Å². The normalized spacial score (nSPS) is 19.8. The van der Waals surface area contributed by atoms with Gasteiger partial charge in [0.15, 0.2) is 0 Å². The molecule has 0 bridgehead atoms. The lowest BCUT2D eigenvalue weighted by Crippen LogP contribution is -2.23. The first-order valence-corrected chi connectivity index (χ1v) is 5.09. The van der Waals surface area contributed by atoms with Gasteiger partial charge in [0.05, 0.1) is 13.2 Å². The largest absolute Gasteiger partial charge is 0.355 e. The van der Waals surface area contributed by atoms with E-state index in [1.54, 1.807) is 0 Å². The molecule has 1 fully saturated rings. The molecule has 0 atom stereocenters. The van der Waals surface area contributed by atoms with E-state index in [9.17, 15) is 0 Å². The van der Waals surface area contributed by atoms with Crippen LogP contribution in [0.25, 0.3) is 0 Å². The van der Waals surface area contributed by atoms with E-state index < -0.39 is 0 Å². The van der Waals surface area contributed by atoms with Crippen molar-refractivity contribution >= 4 is 0 Å². The lowest BCUT2D eigenvalue weighted by atomic mass is 10.0. The topological polar surface area (TPSA) is 18.5 Å². The molecule has 1 aliphatic rings. The number of ether oxygens (including phenoxy) is 2. The molecule has 2 heteroatoms. The molecule has 0 amide bonds. The summed E-state index contributed by atoms with van der Waals surface area (Å²) in [6, 6.07) is 0. The van der Waals surface area contributed by atoms with E-state index in [-0.39, 0.29) is 0 Å². The van der Waals surface area contributed by atoms with Crippen LogP contribution in [0.5, 0.6) is 0 Å². The summed E-state index contributed by atoms with van der Waals surface area (Å²) in [5.74, 6) is 0.663. The van der Waals surface area contributed by atoms with Crippen LogP contribution in [-0.4, -0.2) is 20.0 Å². The Morgan fingerprint density at radius 2 is 1.83 bits per heavy atom. The van der Waals surface area contributed by atoms with E-state index in [1.807, 2.05) is 0 Å². The number of unbranched alkanes of at least 4 members (excludes halogenated alkanes) is 3. The highest BCUT2D eigenvalue weighted by molar-refractivity contribution is 4.59. The molecule has 72 valence electrons. The molecular formula is C10H20O2. The first kappa shape index (κ1) is 10.0. The van der Waals surface area contributed by atoms with Crippen LogP contribution in [0.2, 0.25) is 0 Å². The van der Waals surface area contributed by atoms with Gasteiger partial charge in [0.25, 0.3) is 0 Å². The maximum absolute atomic E-state index is 5.22. The van der Waals surface area contributed by atoms with Crippen LogP contribution in [0.1, 0.15) is 39.0 Å². The number of hydrogen-bond donors (Lipinski definition) is 0. The fourth-order valence-corrected chi connectivity index (χ4v) is 1.56. The Kier molecular flexibility index (Phi) is 5.37. The van der Waals surface area contributed by atoms with Gasteiger partial charge in [0.1, 0.15) is 6.79 Å². The zero-order valence-corrected chi connectivity index (χ0v) is 8.05. The van der Waals surface area contributed by atoms with Gasteiger partial charge in [-0.3, -0.25) is 0 Å². The monoisotopic (exact) mass is 172 g/mol. The minimum absolute atomic E-state index is 0.505. The molecule has 1 heterocycles. The standard InChI is InChI=1S/C10H20O2/c1-2-3-4-5-6-10-7-11-9-12-8-10/h10H,2-9H2,1H3. The summed E-state index contributed by atoms with van der Waals surface area (Å²) in [7, 11) is 0. The van der Waals surface area contributed by atoms with Crippen molar-refractivity contribution in [1.82, 2.24) is 0 Å². The van der Waals surface area contributed by atoms with Gasteiger partial charge in [-0.25, -0.2) is 0 Å². The average molecular weight is 172 g/mol. The van der Waals surface area contributed by atoms with Crippen molar-refractivity contribution in [1.29, 1.82) is 0 Å². The van der Waals surface area contributed by atoms with Crippen LogP contribution >= 0.6 is 0 Å². The Bertz CT molecular complexity index is 98.0. The zero-order chi connectivity index (χ0) is 8.65. The average Bonchev–Trinajstić information content (AvgIpc) is 2.14. The van der Waals surface area contributed by atoms with E-state index in [1.165, 1.54) is 32.1 Å². The van der Waals surface area contributed by atoms with E-state index in [0.29, 0.717) is 12.7 Å². The second-order valence-electron chi connectivity index (χ2n) is 3.57. The van der Waals surface area contributed by atoms with Crippen molar-refractivity contribution in [2.45, 2.75) is 39.0 Å². The SMILES string of the molecule is CCCCCCC1COCOC1. The second kappa shape index (κ2) is 6.44. The van der Waals surface area contributed by atoms with E-state index >= 15 is 0 Å². The minimum atomic E-state index is 0.505. The van der Waals surface area contributed by atoms with Crippen LogP contribution in [0.4, 0.5) is 0 Å². The smallest absolute Gasteiger partial charge is 0.146 e. The van der Waals surface area contributed by atoms with Gasteiger partial charge in [-0.1, -0.05) is 32.6 Å². The van der Waals surface area contributed by atoms with Crippen molar-refractivity contribution < 1.29 is 9.47 Å². The highest BCUT2D eigenvalue weighted by Crippen LogP contribution is 2.14. The molecule has 1 aliphatic heterocycles. The number of rotatable bonds is 5. The van der Waals surface area contributed by atoms with Crippen molar-refractivity contribution in [3.05, 3.63) is 0 Å². The van der Waals surface area contributed by atoms with E-state index in [0.717, 1.165) is 13.2 Å².